The number of hydrogen-bond acceptors (Lipinski definition) is 3. The fourth-order valence-electron chi connectivity index (χ4n) is 2.31. The first-order valence-electron chi connectivity index (χ1n) is 6.81. The number of benzene rings is 1. The minimum atomic E-state index is 0.0760. The number of ether oxygens (including phenoxy) is 1. The number of rotatable bonds is 7. The molecule has 0 saturated carbocycles. The predicted molar refractivity (Wildman–Crippen MR) is 89.4 cm³/mol. The standard InChI is InChI=1S/C16H20BrNOS/c1-3-19-16(12-7-5-4-6-8-12)15(18-2)10-14-9-13(17)11-20-14/h4-9,11,15-16,18H,3,10H2,1-2H3. The molecule has 0 amide bonds. The Balaban J connectivity index is 2.17. The predicted octanol–water partition coefficient (Wildman–Crippen LogP) is 4.42. The van der Waals surface area contributed by atoms with E-state index < -0.39 is 0 Å². The molecule has 2 nitrogen and oxygen atoms in total. The van der Waals surface area contributed by atoms with Gasteiger partial charge in [0.2, 0.25) is 0 Å². The minimum Gasteiger partial charge on any atom is -0.372 e. The number of halogens is 1. The molecule has 108 valence electrons. The van der Waals surface area contributed by atoms with Crippen LogP contribution in [0.1, 0.15) is 23.5 Å². The third kappa shape index (κ3) is 4.16. The first kappa shape index (κ1) is 15.7. The van der Waals surface area contributed by atoms with Crippen molar-refractivity contribution in [1.29, 1.82) is 0 Å². The lowest BCUT2D eigenvalue weighted by molar-refractivity contribution is 0.0354. The van der Waals surface area contributed by atoms with Crippen LogP contribution in [0.4, 0.5) is 0 Å². The molecule has 2 atom stereocenters. The van der Waals surface area contributed by atoms with Gasteiger partial charge in [0.05, 0.1) is 6.10 Å². The summed E-state index contributed by atoms with van der Waals surface area (Å²) in [6, 6.07) is 12.9. The van der Waals surface area contributed by atoms with E-state index in [1.165, 1.54) is 10.4 Å². The highest BCUT2D eigenvalue weighted by Gasteiger charge is 2.23. The zero-order valence-electron chi connectivity index (χ0n) is 11.8. The molecule has 20 heavy (non-hydrogen) atoms. The molecule has 0 fully saturated rings. The summed E-state index contributed by atoms with van der Waals surface area (Å²) >= 11 is 5.30. The van der Waals surface area contributed by atoms with Crippen LogP contribution in [0.2, 0.25) is 0 Å². The molecule has 1 aromatic carbocycles. The van der Waals surface area contributed by atoms with E-state index in [2.05, 4.69) is 57.0 Å². The van der Waals surface area contributed by atoms with Crippen molar-refractivity contribution >= 4 is 27.3 Å². The number of thiophene rings is 1. The molecule has 2 unspecified atom stereocenters. The van der Waals surface area contributed by atoms with Crippen LogP contribution in [0.3, 0.4) is 0 Å². The van der Waals surface area contributed by atoms with E-state index in [0.717, 1.165) is 10.9 Å². The molecule has 0 saturated heterocycles. The van der Waals surface area contributed by atoms with Gasteiger partial charge in [-0.15, -0.1) is 11.3 Å². The van der Waals surface area contributed by atoms with Crippen LogP contribution < -0.4 is 5.32 Å². The van der Waals surface area contributed by atoms with E-state index in [1.807, 2.05) is 20.0 Å². The Labute approximate surface area is 133 Å². The Morgan fingerprint density at radius 2 is 2.05 bits per heavy atom. The van der Waals surface area contributed by atoms with E-state index in [-0.39, 0.29) is 12.1 Å². The van der Waals surface area contributed by atoms with Gasteiger partial charge in [-0.25, -0.2) is 0 Å². The molecule has 0 aliphatic carbocycles. The summed E-state index contributed by atoms with van der Waals surface area (Å²) in [5.74, 6) is 0. The second kappa shape index (κ2) is 7.93. The van der Waals surface area contributed by atoms with Crippen LogP contribution in [0.5, 0.6) is 0 Å². The third-order valence-electron chi connectivity index (χ3n) is 3.25. The molecule has 0 radical (unpaired) electrons. The van der Waals surface area contributed by atoms with Crippen LogP contribution in [-0.4, -0.2) is 19.7 Å². The lowest BCUT2D eigenvalue weighted by Crippen LogP contribution is -2.35. The van der Waals surface area contributed by atoms with Crippen molar-refractivity contribution in [3.05, 3.63) is 56.7 Å². The molecular formula is C16H20BrNOS. The van der Waals surface area contributed by atoms with Gasteiger partial charge in [-0.3, -0.25) is 0 Å². The summed E-state index contributed by atoms with van der Waals surface area (Å²) < 4.78 is 7.14. The largest absolute Gasteiger partial charge is 0.372 e. The van der Waals surface area contributed by atoms with Gasteiger partial charge >= 0.3 is 0 Å². The van der Waals surface area contributed by atoms with Gasteiger partial charge in [-0.1, -0.05) is 30.3 Å². The summed E-state index contributed by atoms with van der Waals surface area (Å²) in [6.45, 7) is 2.76. The van der Waals surface area contributed by atoms with Crippen molar-refractivity contribution in [2.24, 2.45) is 0 Å². The fraction of sp³-hybridized carbons (Fsp3) is 0.375. The normalized spacial score (nSPS) is 14.2. The Kier molecular flexibility index (Phi) is 6.23. The van der Waals surface area contributed by atoms with Gasteiger partial charge in [0.25, 0.3) is 0 Å². The van der Waals surface area contributed by atoms with Crippen molar-refractivity contribution in [2.75, 3.05) is 13.7 Å². The minimum absolute atomic E-state index is 0.0760. The number of nitrogens with one attached hydrogen (secondary N) is 1. The second-order valence-electron chi connectivity index (χ2n) is 4.62. The molecule has 0 aliphatic heterocycles. The van der Waals surface area contributed by atoms with E-state index in [9.17, 15) is 0 Å². The van der Waals surface area contributed by atoms with Gasteiger partial charge in [-0.2, -0.15) is 0 Å². The molecule has 0 bridgehead atoms. The Morgan fingerprint density at radius 3 is 2.60 bits per heavy atom. The fourth-order valence-corrected chi connectivity index (χ4v) is 3.82. The van der Waals surface area contributed by atoms with Crippen molar-refractivity contribution in [3.63, 3.8) is 0 Å². The topological polar surface area (TPSA) is 21.3 Å². The second-order valence-corrected chi connectivity index (χ2v) is 6.53. The number of likely N-dealkylation sites (N-methyl/N-ethyl adjacent to an activating group) is 1. The van der Waals surface area contributed by atoms with Crippen LogP contribution >= 0.6 is 27.3 Å². The summed E-state index contributed by atoms with van der Waals surface area (Å²) in [6.07, 6.45) is 1.04. The van der Waals surface area contributed by atoms with Crippen LogP contribution in [0.25, 0.3) is 0 Å². The molecule has 1 N–H and O–H groups in total. The first-order valence-corrected chi connectivity index (χ1v) is 8.48. The number of hydrogen-bond donors (Lipinski definition) is 1. The maximum absolute atomic E-state index is 5.99. The van der Waals surface area contributed by atoms with Crippen molar-refractivity contribution in [2.45, 2.75) is 25.5 Å². The molecule has 2 aromatic rings. The zero-order chi connectivity index (χ0) is 14.4. The van der Waals surface area contributed by atoms with E-state index in [0.29, 0.717) is 6.61 Å². The van der Waals surface area contributed by atoms with E-state index in [1.54, 1.807) is 11.3 Å². The van der Waals surface area contributed by atoms with Gasteiger partial charge in [0.15, 0.2) is 0 Å². The highest BCUT2D eigenvalue weighted by atomic mass is 79.9. The summed E-state index contributed by atoms with van der Waals surface area (Å²) in [4.78, 5) is 1.36. The van der Waals surface area contributed by atoms with E-state index >= 15 is 0 Å². The molecule has 2 rings (SSSR count). The molecule has 0 spiro atoms. The van der Waals surface area contributed by atoms with Crippen molar-refractivity contribution < 1.29 is 4.74 Å². The van der Waals surface area contributed by atoms with Crippen LogP contribution in [0.15, 0.2) is 46.3 Å². The van der Waals surface area contributed by atoms with Gasteiger partial charge in [0.1, 0.15) is 0 Å². The Hall–Kier alpha value is -0.680. The highest BCUT2D eigenvalue weighted by molar-refractivity contribution is 9.10. The van der Waals surface area contributed by atoms with E-state index in [4.69, 9.17) is 4.74 Å². The molecule has 1 aromatic heterocycles. The Morgan fingerprint density at radius 1 is 1.30 bits per heavy atom. The lowest BCUT2D eigenvalue weighted by Gasteiger charge is -2.27. The maximum Gasteiger partial charge on any atom is 0.0981 e. The Bertz CT molecular complexity index is 514. The van der Waals surface area contributed by atoms with Gasteiger partial charge in [-0.05, 0) is 48.0 Å². The van der Waals surface area contributed by atoms with Gasteiger partial charge in [0, 0.05) is 27.4 Å². The van der Waals surface area contributed by atoms with Crippen LogP contribution in [0, 0.1) is 0 Å². The molecule has 1 heterocycles. The molecular weight excluding hydrogens is 334 g/mol. The monoisotopic (exact) mass is 353 g/mol. The van der Waals surface area contributed by atoms with Crippen molar-refractivity contribution in [3.8, 4) is 0 Å². The zero-order valence-corrected chi connectivity index (χ0v) is 14.2. The van der Waals surface area contributed by atoms with Gasteiger partial charge < -0.3 is 10.1 Å². The smallest absolute Gasteiger partial charge is 0.0981 e. The van der Waals surface area contributed by atoms with Crippen molar-refractivity contribution in [1.82, 2.24) is 5.32 Å². The average Bonchev–Trinajstić information content (AvgIpc) is 2.89. The SMILES string of the molecule is CCOC(c1ccccc1)C(Cc1cc(Br)cs1)NC. The summed E-state index contributed by atoms with van der Waals surface area (Å²) in [7, 11) is 2.00. The first-order chi connectivity index (χ1) is 9.74. The highest BCUT2D eigenvalue weighted by Crippen LogP contribution is 2.27. The summed E-state index contributed by atoms with van der Waals surface area (Å²) in [5, 5.41) is 5.53. The molecule has 4 heteroatoms. The average molecular weight is 354 g/mol. The quantitative estimate of drug-likeness (QED) is 0.795. The lowest BCUT2D eigenvalue weighted by atomic mass is 9.99. The molecule has 0 aliphatic rings. The third-order valence-corrected chi connectivity index (χ3v) is 4.97. The van der Waals surface area contributed by atoms with Crippen LogP contribution in [-0.2, 0) is 11.2 Å². The summed E-state index contributed by atoms with van der Waals surface area (Å²) in [5.41, 5.74) is 1.23. The maximum atomic E-state index is 5.99.